The number of nitrogens with one attached hydrogen (secondary N) is 1. The Bertz CT molecular complexity index is 879. The van der Waals surface area contributed by atoms with Gasteiger partial charge in [0, 0.05) is 25.8 Å². The van der Waals surface area contributed by atoms with Crippen LogP contribution in [0.5, 0.6) is 0 Å². The lowest BCUT2D eigenvalue weighted by molar-refractivity contribution is 0.0956. The molecule has 1 heterocycles. The van der Waals surface area contributed by atoms with Gasteiger partial charge < -0.3 is 10.1 Å². The molecule has 0 aromatic heterocycles. The van der Waals surface area contributed by atoms with Crippen molar-refractivity contribution >= 4 is 21.6 Å². The number of para-hydroxylation sites is 1. The van der Waals surface area contributed by atoms with E-state index in [1.54, 1.807) is 19.2 Å². The van der Waals surface area contributed by atoms with Gasteiger partial charge in [-0.2, -0.15) is 0 Å². The highest BCUT2D eigenvalue weighted by atomic mass is 32.2. The maximum Gasteiger partial charge on any atom is 0.251 e. The summed E-state index contributed by atoms with van der Waals surface area (Å²) in [5.41, 5.74) is 3.25. The van der Waals surface area contributed by atoms with Gasteiger partial charge in [0.1, 0.15) is 0 Å². The molecule has 1 amide bonds. The van der Waals surface area contributed by atoms with Crippen LogP contribution in [0.3, 0.4) is 0 Å². The monoisotopic (exact) mass is 374 g/mol. The zero-order valence-electron chi connectivity index (χ0n) is 14.6. The number of amides is 1. The molecule has 0 fully saturated rings. The van der Waals surface area contributed by atoms with E-state index in [-0.39, 0.29) is 18.2 Å². The number of sulfonamides is 1. The first kappa shape index (κ1) is 18.4. The minimum absolute atomic E-state index is 0.0691. The van der Waals surface area contributed by atoms with Crippen LogP contribution in [0, 0.1) is 0 Å². The fraction of sp³-hybridized carbons (Fsp3) is 0.316. The van der Waals surface area contributed by atoms with Crippen molar-refractivity contribution in [3.05, 3.63) is 65.2 Å². The molecule has 2 aromatic rings. The topological polar surface area (TPSA) is 75.7 Å². The first-order chi connectivity index (χ1) is 12.5. The number of hydrogen-bond donors (Lipinski definition) is 1. The minimum atomic E-state index is -3.46. The van der Waals surface area contributed by atoms with Gasteiger partial charge in [0.25, 0.3) is 5.91 Å². The van der Waals surface area contributed by atoms with Crippen LogP contribution in [0.2, 0.25) is 0 Å². The number of fused-ring (bicyclic) bond motifs is 1. The zero-order valence-corrected chi connectivity index (χ0v) is 15.5. The van der Waals surface area contributed by atoms with Crippen molar-refractivity contribution in [3.8, 4) is 0 Å². The van der Waals surface area contributed by atoms with Gasteiger partial charge in [0.2, 0.25) is 10.0 Å². The maximum absolute atomic E-state index is 12.6. The number of methoxy groups -OCH3 is 1. The second-order valence-electron chi connectivity index (χ2n) is 6.15. The molecule has 7 heteroatoms. The van der Waals surface area contributed by atoms with Gasteiger partial charge >= 0.3 is 0 Å². The molecule has 0 saturated carbocycles. The van der Waals surface area contributed by atoms with Gasteiger partial charge in [-0.05, 0) is 35.7 Å². The van der Waals surface area contributed by atoms with Crippen molar-refractivity contribution in [2.24, 2.45) is 0 Å². The Kier molecular flexibility index (Phi) is 5.58. The van der Waals surface area contributed by atoms with Crippen molar-refractivity contribution in [1.29, 1.82) is 0 Å². The van der Waals surface area contributed by atoms with E-state index in [0.29, 0.717) is 18.7 Å². The highest BCUT2D eigenvalue weighted by Crippen LogP contribution is 2.29. The predicted octanol–water partition coefficient (Wildman–Crippen LogP) is 1.96. The molecule has 138 valence electrons. The highest BCUT2D eigenvalue weighted by molar-refractivity contribution is 7.92. The summed E-state index contributed by atoms with van der Waals surface area (Å²) in [5.74, 6) is -0.416. The predicted molar refractivity (Wildman–Crippen MR) is 101 cm³/mol. The molecule has 3 rings (SSSR count). The van der Waals surface area contributed by atoms with Crippen molar-refractivity contribution in [3.63, 3.8) is 0 Å². The Morgan fingerprint density at radius 3 is 2.62 bits per heavy atom. The van der Waals surface area contributed by atoms with E-state index in [1.165, 1.54) is 4.31 Å². The Hall–Kier alpha value is -2.38. The van der Waals surface area contributed by atoms with E-state index in [0.717, 1.165) is 23.2 Å². The fourth-order valence-corrected chi connectivity index (χ4v) is 4.45. The standard InChI is InChI=1S/C19H22N2O4S/c1-25-14-15-6-8-17(9-7-15)19(22)20-11-13-26(23,24)21-12-10-16-4-2-3-5-18(16)21/h2-9H,10-14H2,1H3,(H,20,22). The zero-order chi connectivity index (χ0) is 18.6. The molecule has 26 heavy (non-hydrogen) atoms. The summed E-state index contributed by atoms with van der Waals surface area (Å²) in [7, 11) is -1.85. The summed E-state index contributed by atoms with van der Waals surface area (Å²) in [6.07, 6.45) is 0.718. The third-order valence-corrected chi connectivity index (χ3v) is 6.12. The number of anilines is 1. The van der Waals surface area contributed by atoms with Gasteiger partial charge in [0.15, 0.2) is 0 Å². The number of nitrogens with zero attached hydrogens (tertiary/aromatic N) is 1. The largest absolute Gasteiger partial charge is 0.380 e. The molecule has 1 aliphatic rings. The molecule has 2 aromatic carbocycles. The summed E-state index contributed by atoms with van der Waals surface area (Å²) in [6, 6.07) is 14.5. The lowest BCUT2D eigenvalue weighted by atomic mass is 10.1. The summed E-state index contributed by atoms with van der Waals surface area (Å²) in [4.78, 5) is 12.2. The van der Waals surface area contributed by atoms with Crippen molar-refractivity contribution in [1.82, 2.24) is 5.32 Å². The summed E-state index contributed by atoms with van der Waals surface area (Å²) >= 11 is 0. The number of ether oxygens (including phenoxy) is 1. The average molecular weight is 374 g/mol. The number of carbonyl (C=O) groups is 1. The third-order valence-electron chi connectivity index (χ3n) is 4.35. The van der Waals surface area contributed by atoms with Crippen LogP contribution < -0.4 is 9.62 Å². The van der Waals surface area contributed by atoms with E-state index in [9.17, 15) is 13.2 Å². The number of rotatable bonds is 7. The van der Waals surface area contributed by atoms with Crippen LogP contribution in [0.25, 0.3) is 0 Å². The quantitative estimate of drug-likeness (QED) is 0.804. The van der Waals surface area contributed by atoms with Crippen LogP contribution in [-0.2, 0) is 27.8 Å². The van der Waals surface area contributed by atoms with Crippen molar-refractivity contribution < 1.29 is 17.9 Å². The smallest absolute Gasteiger partial charge is 0.251 e. The van der Waals surface area contributed by atoms with E-state index >= 15 is 0 Å². The summed E-state index contributed by atoms with van der Waals surface area (Å²) in [5, 5.41) is 2.68. The Labute approximate surface area is 153 Å². The number of carbonyl (C=O) groups excluding carboxylic acids is 1. The average Bonchev–Trinajstić information content (AvgIpc) is 3.07. The molecule has 0 aliphatic carbocycles. The summed E-state index contributed by atoms with van der Waals surface area (Å²) < 4.78 is 31.7. The van der Waals surface area contributed by atoms with Crippen molar-refractivity contribution in [2.45, 2.75) is 13.0 Å². The molecule has 0 unspecified atom stereocenters. The molecule has 0 bridgehead atoms. The first-order valence-corrected chi connectivity index (χ1v) is 10.1. The molecular weight excluding hydrogens is 352 g/mol. The molecule has 0 spiro atoms. The lowest BCUT2D eigenvalue weighted by Gasteiger charge is -2.19. The minimum Gasteiger partial charge on any atom is -0.380 e. The van der Waals surface area contributed by atoms with E-state index in [2.05, 4.69) is 5.32 Å². The van der Waals surface area contributed by atoms with Crippen LogP contribution >= 0.6 is 0 Å². The fourth-order valence-electron chi connectivity index (χ4n) is 3.02. The summed E-state index contributed by atoms with van der Waals surface area (Å²) in [6.45, 7) is 1.01. The molecule has 1 N–H and O–H groups in total. The second kappa shape index (κ2) is 7.88. The van der Waals surface area contributed by atoms with Gasteiger partial charge in [0.05, 0.1) is 18.0 Å². The highest BCUT2D eigenvalue weighted by Gasteiger charge is 2.28. The van der Waals surface area contributed by atoms with E-state index in [1.807, 2.05) is 36.4 Å². The van der Waals surface area contributed by atoms with Crippen LogP contribution in [0.15, 0.2) is 48.5 Å². The second-order valence-corrected chi connectivity index (χ2v) is 8.17. The third kappa shape index (κ3) is 4.05. The van der Waals surface area contributed by atoms with E-state index in [4.69, 9.17) is 4.74 Å². The van der Waals surface area contributed by atoms with Crippen LogP contribution in [0.4, 0.5) is 5.69 Å². The molecule has 0 saturated heterocycles. The van der Waals surface area contributed by atoms with Gasteiger partial charge in [-0.3, -0.25) is 9.10 Å². The normalized spacial score (nSPS) is 13.5. The first-order valence-electron chi connectivity index (χ1n) is 8.45. The lowest BCUT2D eigenvalue weighted by Crippen LogP contribution is -2.37. The Morgan fingerprint density at radius 1 is 1.15 bits per heavy atom. The van der Waals surface area contributed by atoms with Crippen LogP contribution in [-0.4, -0.2) is 40.3 Å². The molecular formula is C19H22N2O4S. The van der Waals surface area contributed by atoms with Crippen molar-refractivity contribution in [2.75, 3.05) is 30.3 Å². The molecule has 1 aliphatic heterocycles. The molecule has 0 atom stereocenters. The SMILES string of the molecule is COCc1ccc(C(=O)NCCS(=O)(=O)N2CCc3ccccc32)cc1. The molecule has 6 nitrogen and oxygen atoms in total. The number of benzene rings is 2. The maximum atomic E-state index is 12.6. The number of hydrogen-bond acceptors (Lipinski definition) is 4. The Balaban J connectivity index is 1.56. The van der Waals surface area contributed by atoms with Crippen LogP contribution in [0.1, 0.15) is 21.5 Å². The van der Waals surface area contributed by atoms with Gasteiger partial charge in [-0.25, -0.2) is 8.42 Å². The van der Waals surface area contributed by atoms with Gasteiger partial charge in [-0.15, -0.1) is 0 Å². The Morgan fingerprint density at radius 2 is 1.88 bits per heavy atom. The molecule has 0 radical (unpaired) electrons. The van der Waals surface area contributed by atoms with Gasteiger partial charge in [-0.1, -0.05) is 30.3 Å². The van der Waals surface area contributed by atoms with E-state index < -0.39 is 10.0 Å².